The van der Waals surface area contributed by atoms with Crippen LogP contribution >= 0.6 is 0 Å². The monoisotopic (exact) mass is 215 g/mol. The molecular weight excluding hydrogens is 186 g/mol. The van der Waals surface area contributed by atoms with Crippen molar-refractivity contribution in [1.29, 1.82) is 0 Å². The highest BCUT2D eigenvalue weighted by atomic mass is 15.1. The first-order valence-corrected chi connectivity index (χ1v) is 6.09. The number of hydrogen-bond donors (Lipinski definition) is 1. The van der Waals surface area contributed by atoms with Crippen LogP contribution in [0.2, 0.25) is 0 Å². The molecule has 3 heteroatoms. The molecule has 0 aromatic heterocycles. The van der Waals surface area contributed by atoms with Gasteiger partial charge >= 0.3 is 0 Å². The summed E-state index contributed by atoms with van der Waals surface area (Å²) >= 11 is 0. The number of rotatable bonds is 9. The molecule has 0 radical (unpaired) electrons. The van der Waals surface area contributed by atoms with E-state index in [9.17, 15) is 0 Å². The number of unbranched alkanes of at least 4 members (excludes halogenated alkanes) is 1. The molecule has 0 saturated carbocycles. The molecule has 0 aliphatic rings. The minimum absolute atomic E-state index is 0.622. The van der Waals surface area contributed by atoms with Crippen molar-refractivity contribution in [2.24, 2.45) is 0 Å². The lowest BCUT2D eigenvalue weighted by molar-refractivity contribution is 0.277. The van der Waals surface area contributed by atoms with Crippen molar-refractivity contribution in [2.45, 2.75) is 32.7 Å². The van der Waals surface area contributed by atoms with Gasteiger partial charge in [-0.3, -0.25) is 0 Å². The predicted octanol–water partition coefficient (Wildman–Crippen LogP) is 1.26. The first-order valence-electron chi connectivity index (χ1n) is 6.09. The summed E-state index contributed by atoms with van der Waals surface area (Å²) in [6.07, 6.45) is 2.58. The molecule has 0 aliphatic heterocycles. The van der Waals surface area contributed by atoms with Gasteiger partial charge in [-0.15, -0.1) is 0 Å². The Morgan fingerprint density at radius 2 is 1.60 bits per heavy atom. The van der Waals surface area contributed by atoms with Crippen LogP contribution in [0.25, 0.3) is 0 Å². The molecule has 1 N–H and O–H groups in total. The number of nitrogens with one attached hydrogen (secondary N) is 1. The second kappa shape index (κ2) is 9.13. The number of nitrogens with zero attached hydrogens (tertiary/aromatic N) is 2. The van der Waals surface area contributed by atoms with E-state index in [2.05, 4.69) is 50.1 Å². The topological polar surface area (TPSA) is 18.5 Å². The first kappa shape index (κ1) is 14.9. The van der Waals surface area contributed by atoms with Gasteiger partial charge in [0.2, 0.25) is 0 Å². The Morgan fingerprint density at radius 1 is 0.933 bits per heavy atom. The summed E-state index contributed by atoms with van der Waals surface area (Å²) in [7, 11) is 6.46. The Kier molecular flexibility index (Phi) is 9.06. The zero-order valence-electron chi connectivity index (χ0n) is 11.2. The van der Waals surface area contributed by atoms with Gasteiger partial charge in [0.25, 0.3) is 0 Å². The fourth-order valence-electron chi connectivity index (χ4n) is 1.38. The molecular formula is C12H29N3. The summed E-state index contributed by atoms with van der Waals surface area (Å²) in [4.78, 5) is 4.65. The quantitative estimate of drug-likeness (QED) is 0.584. The average molecular weight is 215 g/mol. The van der Waals surface area contributed by atoms with Crippen LogP contribution in [-0.4, -0.2) is 63.2 Å². The molecule has 0 amide bonds. The maximum atomic E-state index is 3.44. The molecule has 0 fully saturated rings. The van der Waals surface area contributed by atoms with Gasteiger partial charge in [-0.2, -0.15) is 0 Å². The maximum absolute atomic E-state index is 3.44. The molecule has 0 bridgehead atoms. The van der Waals surface area contributed by atoms with Crippen molar-refractivity contribution >= 4 is 0 Å². The average Bonchev–Trinajstić information content (AvgIpc) is 2.13. The minimum Gasteiger partial charge on any atom is -0.315 e. The zero-order chi connectivity index (χ0) is 11.7. The third kappa shape index (κ3) is 11.8. The molecule has 0 rings (SSSR count). The van der Waals surface area contributed by atoms with Crippen LogP contribution in [-0.2, 0) is 0 Å². The molecule has 0 spiro atoms. The lowest BCUT2D eigenvalue weighted by Crippen LogP contribution is -2.30. The Morgan fingerprint density at radius 3 is 2.13 bits per heavy atom. The van der Waals surface area contributed by atoms with Crippen LogP contribution in [0.3, 0.4) is 0 Å². The lowest BCUT2D eigenvalue weighted by atomic mass is 10.2. The van der Waals surface area contributed by atoms with E-state index in [0.29, 0.717) is 6.04 Å². The van der Waals surface area contributed by atoms with E-state index < -0.39 is 0 Å². The van der Waals surface area contributed by atoms with Crippen LogP contribution in [0.5, 0.6) is 0 Å². The highest BCUT2D eigenvalue weighted by molar-refractivity contribution is 4.57. The lowest BCUT2D eigenvalue weighted by Gasteiger charge is -2.19. The fourth-order valence-corrected chi connectivity index (χ4v) is 1.38. The molecule has 0 heterocycles. The van der Waals surface area contributed by atoms with Crippen LogP contribution < -0.4 is 5.32 Å². The van der Waals surface area contributed by atoms with Gasteiger partial charge in [0.05, 0.1) is 0 Å². The maximum Gasteiger partial charge on any atom is 0.0106 e. The smallest absolute Gasteiger partial charge is 0.0106 e. The Hall–Kier alpha value is -0.120. The second-order valence-electron chi connectivity index (χ2n) is 4.92. The predicted molar refractivity (Wildman–Crippen MR) is 68.4 cm³/mol. The van der Waals surface area contributed by atoms with Crippen molar-refractivity contribution in [1.82, 2.24) is 15.1 Å². The van der Waals surface area contributed by atoms with E-state index in [-0.39, 0.29) is 0 Å². The summed E-state index contributed by atoms with van der Waals surface area (Å²) in [5, 5.41) is 3.44. The molecule has 0 unspecified atom stereocenters. The molecule has 0 aliphatic carbocycles. The molecule has 0 aromatic rings. The molecule has 92 valence electrons. The second-order valence-corrected chi connectivity index (χ2v) is 4.92. The van der Waals surface area contributed by atoms with E-state index in [0.717, 1.165) is 13.1 Å². The van der Waals surface area contributed by atoms with Crippen LogP contribution in [0.1, 0.15) is 26.7 Å². The van der Waals surface area contributed by atoms with Crippen molar-refractivity contribution in [3.8, 4) is 0 Å². The highest BCUT2D eigenvalue weighted by Crippen LogP contribution is 1.92. The normalized spacial score (nSPS) is 12.0. The fraction of sp³-hybridized carbons (Fsp3) is 1.00. The molecule has 15 heavy (non-hydrogen) atoms. The first-order chi connectivity index (χ1) is 7.02. The molecule has 0 aromatic carbocycles. The molecule has 3 nitrogen and oxygen atoms in total. The number of likely N-dealkylation sites (N-methyl/N-ethyl adjacent to an activating group) is 2. The summed E-state index contributed by atoms with van der Waals surface area (Å²) in [6, 6.07) is 0.622. The van der Waals surface area contributed by atoms with Crippen LogP contribution in [0.15, 0.2) is 0 Å². The summed E-state index contributed by atoms with van der Waals surface area (Å²) in [5.41, 5.74) is 0. The van der Waals surface area contributed by atoms with E-state index >= 15 is 0 Å². The van der Waals surface area contributed by atoms with Gasteiger partial charge in [0.1, 0.15) is 0 Å². The van der Waals surface area contributed by atoms with Crippen molar-refractivity contribution in [3.63, 3.8) is 0 Å². The molecule has 0 saturated heterocycles. The van der Waals surface area contributed by atoms with E-state index in [1.807, 2.05) is 0 Å². The van der Waals surface area contributed by atoms with Gasteiger partial charge < -0.3 is 15.1 Å². The Bertz CT molecular complexity index is 135. The highest BCUT2D eigenvalue weighted by Gasteiger charge is 1.99. The minimum atomic E-state index is 0.622. The van der Waals surface area contributed by atoms with E-state index in [4.69, 9.17) is 0 Å². The largest absolute Gasteiger partial charge is 0.315 e. The van der Waals surface area contributed by atoms with Gasteiger partial charge in [0.15, 0.2) is 0 Å². The zero-order valence-corrected chi connectivity index (χ0v) is 11.2. The van der Waals surface area contributed by atoms with Gasteiger partial charge in [0, 0.05) is 19.1 Å². The van der Waals surface area contributed by atoms with Crippen molar-refractivity contribution in [2.75, 3.05) is 47.3 Å². The van der Waals surface area contributed by atoms with E-state index in [1.165, 1.54) is 25.9 Å². The summed E-state index contributed by atoms with van der Waals surface area (Å²) < 4.78 is 0. The third-order valence-electron chi connectivity index (χ3n) is 2.45. The van der Waals surface area contributed by atoms with Crippen LogP contribution in [0.4, 0.5) is 0 Å². The Balaban J connectivity index is 3.20. The molecule has 0 atom stereocenters. The van der Waals surface area contributed by atoms with Crippen molar-refractivity contribution < 1.29 is 0 Å². The standard InChI is InChI=1S/C12H29N3/c1-12(2)13-8-6-7-9-15(5)11-10-14(3)4/h12-13H,6-11H2,1-5H3. The van der Waals surface area contributed by atoms with Gasteiger partial charge in [-0.05, 0) is 47.1 Å². The summed E-state index contributed by atoms with van der Waals surface area (Å²) in [6.45, 7) is 9.09. The number of hydrogen-bond acceptors (Lipinski definition) is 3. The Labute approximate surface area is 95.8 Å². The SMILES string of the molecule is CC(C)NCCCCN(C)CCN(C)C. The van der Waals surface area contributed by atoms with Crippen molar-refractivity contribution in [3.05, 3.63) is 0 Å². The van der Waals surface area contributed by atoms with Gasteiger partial charge in [-0.1, -0.05) is 13.8 Å². The van der Waals surface area contributed by atoms with Crippen LogP contribution in [0, 0.1) is 0 Å². The van der Waals surface area contributed by atoms with E-state index in [1.54, 1.807) is 0 Å². The third-order valence-corrected chi connectivity index (χ3v) is 2.45. The van der Waals surface area contributed by atoms with Gasteiger partial charge in [-0.25, -0.2) is 0 Å². The summed E-state index contributed by atoms with van der Waals surface area (Å²) in [5.74, 6) is 0.